The lowest BCUT2D eigenvalue weighted by molar-refractivity contribution is 0.344. The van der Waals surface area contributed by atoms with Crippen LogP contribution in [0.4, 0.5) is 4.39 Å². The Kier molecular flexibility index (Phi) is 4.10. The highest BCUT2D eigenvalue weighted by atomic mass is 19.1. The van der Waals surface area contributed by atoms with Crippen LogP contribution in [0.2, 0.25) is 0 Å². The molecule has 0 saturated carbocycles. The summed E-state index contributed by atoms with van der Waals surface area (Å²) < 4.78 is 19.1. The summed E-state index contributed by atoms with van der Waals surface area (Å²) in [6.45, 7) is 4.74. The lowest BCUT2D eigenvalue weighted by Crippen LogP contribution is -1.97. The maximum absolute atomic E-state index is 13.4. The van der Waals surface area contributed by atoms with Gasteiger partial charge in [0.1, 0.15) is 11.6 Å². The Bertz CT molecular complexity index is 795. The molecule has 3 aromatic rings. The Morgan fingerprint density at radius 1 is 0.955 bits per heavy atom. The van der Waals surface area contributed by atoms with Crippen LogP contribution >= 0.6 is 0 Å². The summed E-state index contributed by atoms with van der Waals surface area (Å²) in [5, 5.41) is 2.26. The third-order valence-electron chi connectivity index (χ3n) is 4.01. The molecule has 0 aliphatic rings. The third kappa shape index (κ3) is 2.82. The van der Waals surface area contributed by atoms with Crippen LogP contribution in [0.5, 0.6) is 5.75 Å². The van der Waals surface area contributed by atoms with Crippen molar-refractivity contribution < 1.29 is 9.13 Å². The fraction of sp³-hybridized carbons (Fsp3) is 0.200. The van der Waals surface area contributed by atoms with E-state index in [4.69, 9.17) is 4.74 Å². The SMILES string of the molecule is CCOc1cccc2cc(C(C)c3cccc(F)c3)ccc12. The zero-order valence-corrected chi connectivity index (χ0v) is 12.8. The van der Waals surface area contributed by atoms with Gasteiger partial charge in [-0.3, -0.25) is 0 Å². The second-order valence-electron chi connectivity index (χ2n) is 5.45. The molecule has 0 aliphatic carbocycles. The molecular weight excluding hydrogens is 275 g/mol. The molecule has 3 aromatic carbocycles. The van der Waals surface area contributed by atoms with Crippen molar-refractivity contribution >= 4 is 10.8 Å². The number of ether oxygens (including phenoxy) is 1. The Hall–Kier alpha value is -2.35. The number of rotatable bonds is 4. The van der Waals surface area contributed by atoms with Crippen LogP contribution in [0.25, 0.3) is 10.8 Å². The molecule has 3 rings (SSSR count). The first-order valence-electron chi connectivity index (χ1n) is 7.60. The van der Waals surface area contributed by atoms with E-state index in [1.165, 1.54) is 11.6 Å². The van der Waals surface area contributed by atoms with Crippen molar-refractivity contribution in [3.8, 4) is 5.75 Å². The molecule has 1 nitrogen and oxygen atoms in total. The van der Waals surface area contributed by atoms with Gasteiger partial charge >= 0.3 is 0 Å². The molecule has 2 heteroatoms. The molecular formula is C20H19FO. The molecule has 0 radical (unpaired) electrons. The van der Waals surface area contributed by atoms with E-state index in [1.54, 1.807) is 12.1 Å². The van der Waals surface area contributed by atoms with E-state index < -0.39 is 0 Å². The highest BCUT2D eigenvalue weighted by Gasteiger charge is 2.11. The van der Waals surface area contributed by atoms with Crippen LogP contribution in [0.3, 0.4) is 0 Å². The number of hydrogen-bond donors (Lipinski definition) is 0. The van der Waals surface area contributed by atoms with Crippen molar-refractivity contribution in [1.82, 2.24) is 0 Å². The van der Waals surface area contributed by atoms with Gasteiger partial charge in [0.15, 0.2) is 0 Å². The molecule has 0 heterocycles. The van der Waals surface area contributed by atoms with Crippen molar-refractivity contribution in [3.05, 3.63) is 77.6 Å². The quantitative estimate of drug-likeness (QED) is 0.614. The molecule has 112 valence electrons. The average molecular weight is 294 g/mol. The van der Waals surface area contributed by atoms with E-state index in [-0.39, 0.29) is 11.7 Å². The summed E-state index contributed by atoms with van der Waals surface area (Å²) in [7, 11) is 0. The Morgan fingerprint density at radius 2 is 1.73 bits per heavy atom. The monoisotopic (exact) mass is 294 g/mol. The second-order valence-corrected chi connectivity index (χ2v) is 5.45. The van der Waals surface area contributed by atoms with Gasteiger partial charge in [0.05, 0.1) is 6.61 Å². The van der Waals surface area contributed by atoms with Crippen LogP contribution in [0.1, 0.15) is 30.9 Å². The van der Waals surface area contributed by atoms with Gasteiger partial charge in [-0.2, -0.15) is 0 Å². The number of fused-ring (bicyclic) bond motifs is 1. The number of hydrogen-bond acceptors (Lipinski definition) is 1. The number of benzene rings is 3. The Balaban J connectivity index is 2.01. The van der Waals surface area contributed by atoms with Crippen LogP contribution in [-0.2, 0) is 0 Å². The van der Waals surface area contributed by atoms with Gasteiger partial charge < -0.3 is 4.74 Å². The van der Waals surface area contributed by atoms with Crippen LogP contribution < -0.4 is 4.74 Å². The summed E-state index contributed by atoms with van der Waals surface area (Å²) in [4.78, 5) is 0. The van der Waals surface area contributed by atoms with Gasteiger partial charge in [0.2, 0.25) is 0 Å². The summed E-state index contributed by atoms with van der Waals surface area (Å²) in [5.74, 6) is 0.865. The van der Waals surface area contributed by atoms with Crippen molar-refractivity contribution in [2.75, 3.05) is 6.61 Å². The first-order valence-corrected chi connectivity index (χ1v) is 7.60. The molecule has 0 spiro atoms. The van der Waals surface area contributed by atoms with Crippen LogP contribution in [-0.4, -0.2) is 6.61 Å². The average Bonchev–Trinajstić information content (AvgIpc) is 2.54. The predicted molar refractivity (Wildman–Crippen MR) is 89.0 cm³/mol. The maximum atomic E-state index is 13.4. The zero-order valence-electron chi connectivity index (χ0n) is 12.8. The first kappa shape index (κ1) is 14.6. The zero-order chi connectivity index (χ0) is 15.5. The highest BCUT2D eigenvalue weighted by molar-refractivity contribution is 5.89. The second kappa shape index (κ2) is 6.18. The van der Waals surface area contributed by atoms with E-state index in [2.05, 4.69) is 31.2 Å². The molecule has 0 aliphatic heterocycles. The van der Waals surface area contributed by atoms with E-state index in [0.717, 1.165) is 22.1 Å². The molecule has 22 heavy (non-hydrogen) atoms. The summed E-state index contributed by atoms with van der Waals surface area (Å²) >= 11 is 0. The van der Waals surface area contributed by atoms with Crippen molar-refractivity contribution in [2.45, 2.75) is 19.8 Å². The molecule has 0 fully saturated rings. The van der Waals surface area contributed by atoms with Gasteiger partial charge in [-0.15, -0.1) is 0 Å². The van der Waals surface area contributed by atoms with Gasteiger partial charge in [-0.05, 0) is 41.6 Å². The van der Waals surface area contributed by atoms with Gasteiger partial charge in [-0.25, -0.2) is 4.39 Å². The van der Waals surface area contributed by atoms with Crippen LogP contribution in [0, 0.1) is 5.82 Å². The molecule has 0 N–H and O–H groups in total. The normalized spacial score (nSPS) is 12.3. The van der Waals surface area contributed by atoms with Crippen LogP contribution in [0.15, 0.2) is 60.7 Å². The minimum atomic E-state index is -0.191. The third-order valence-corrected chi connectivity index (χ3v) is 4.01. The van der Waals surface area contributed by atoms with E-state index in [0.29, 0.717) is 6.61 Å². The topological polar surface area (TPSA) is 9.23 Å². The molecule has 1 unspecified atom stereocenters. The minimum absolute atomic E-state index is 0.149. The lowest BCUT2D eigenvalue weighted by atomic mass is 9.91. The maximum Gasteiger partial charge on any atom is 0.127 e. The largest absolute Gasteiger partial charge is 0.493 e. The van der Waals surface area contributed by atoms with Crippen molar-refractivity contribution in [1.29, 1.82) is 0 Å². The predicted octanol–water partition coefficient (Wildman–Crippen LogP) is 5.53. The standard InChI is InChI=1S/C20H19FO/c1-3-22-20-9-5-7-17-12-16(10-11-19(17)20)14(2)15-6-4-8-18(21)13-15/h4-14H,3H2,1-2H3. The summed E-state index contributed by atoms with van der Waals surface area (Å²) in [6.07, 6.45) is 0. The number of halogens is 1. The van der Waals surface area contributed by atoms with E-state index >= 15 is 0 Å². The summed E-state index contributed by atoms with van der Waals surface area (Å²) in [6, 6.07) is 19.2. The lowest BCUT2D eigenvalue weighted by Gasteiger charge is -2.14. The van der Waals surface area contributed by atoms with Crippen molar-refractivity contribution in [3.63, 3.8) is 0 Å². The minimum Gasteiger partial charge on any atom is -0.493 e. The van der Waals surface area contributed by atoms with Gasteiger partial charge in [0.25, 0.3) is 0 Å². The van der Waals surface area contributed by atoms with E-state index in [9.17, 15) is 4.39 Å². The molecule has 1 atom stereocenters. The fourth-order valence-electron chi connectivity index (χ4n) is 2.79. The Morgan fingerprint density at radius 3 is 2.50 bits per heavy atom. The van der Waals surface area contributed by atoms with Gasteiger partial charge in [-0.1, -0.05) is 49.4 Å². The molecule has 0 aromatic heterocycles. The fourth-order valence-corrected chi connectivity index (χ4v) is 2.79. The van der Waals surface area contributed by atoms with Crippen molar-refractivity contribution in [2.24, 2.45) is 0 Å². The molecule has 0 amide bonds. The Labute approximate surface area is 130 Å². The summed E-state index contributed by atoms with van der Waals surface area (Å²) in [5.41, 5.74) is 2.16. The molecule has 0 bridgehead atoms. The first-order chi connectivity index (χ1) is 10.7. The smallest absolute Gasteiger partial charge is 0.127 e. The van der Waals surface area contributed by atoms with E-state index in [1.807, 2.05) is 25.1 Å². The van der Waals surface area contributed by atoms with Gasteiger partial charge in [0, 0.05) is 11.3 Å². The molecule has 0 saturated heterocycles. The highest BCUT2D eigenvalue weighted by Crippen LogP contribution is 2.31.